The van der Waals surface area contributed by atoms with E-state index in [0.29, 0.717) is 0 Å². The number of nitrogens with zero attached hydrogens (tertiary/aromatic N) is 2. The first-order valence-electron chi connectivity index (χ1n) is 9.60. The highest BCUT2D eigenvalue weighted by Gasteiger charge is 2.33. The van der Waals surface area contributed by atoms with Gasteiger partial charge in [0.15, 0.2) is 5.96 Å². The molecule has 0 aromatic heterocycles. The number of nitrogens with one attached hydrogen (secondary N) is 2. The molecule has 0 radical (unpaired) electrons. The van der Waals surface area contributed by atoms with E-state index in [-0.39, 0.29) is 0 Å². The van der Waals surface area contributed by atoms with Crippen LogP contribution < -0.4 is 15.4 Å². The van der Waals surface area contributed by atoms with Crippen molar-refractivity contribution < 1.29 is 4.74 Å². The fourth-order valence-corrected chi connectivity index (χ4v) is 3.15. The molecule has 2 N–H and O–H groups in total. The van der Waals surface area contributed by atoms with Crippen LogP contribution in [-0.4, -0.2) is 57.2 Å². The zero-order valence-electron chi connectivity index (χ0n) is 15.6. The Morgan fingerprint density at radius 2 is 1.84 bits per heavy atom. The maximum absolute atomic E-state index is 5.19. The van der Waals surface area contributed by atoms with E-state index < -0.39 is 0 Å². The highest BCUT2D eigenvalue weighted by molar-refractivity contribution is 5.79. The molecule has 2 saturated carbocycles. The largest absolute Gasteiger partial charge is 0.497 e. The summed E-state index contributed by atoms with van der Waals surface area (Å²) in [5.41, 5.74) is 1.30. The fourth-order valence-electron chi connectivity index (χ4n) is 3.15. The number of guanidine groups is 1. The molecular formula is C20H32N4O. The van der Waals surface area contributed by atoms with Crippen LogP contribution in [0.5, 0.6) is 5.75 Å². The summed E-state index contributed by atoms with van der Waals surface area (Å²) in [4.78, 5) is 7.01. The lowest BCUT2D eigenvalue weighted by Gasteiger charge is -2.22. The minimum absolute atomic E-state index is 0.854. The minimum atomic E-state index is 0.854. The van der Waals surface area contributed by atoms with Crippen molar-refractivity contribution in [1.29, 1.82) is 0 Å². The summed E-state index contributed by atoms with van der Waals surface area (Å²) in [5, 5.41) is 6.87. The summed E-state index contributed by atoms with van der Waals surface area (Å²) in [6, 6.07) is 9.10. The number of hydrogen-bond acceptors (Lipinski definition) is 3. The zero-order valence-corrected chi connectivity index (χ0v) is 15.6. The van der Waals surface area contributed by atoms with Gasteiger partial charge in [0.05, 0.1) is 7.11 Å². The molecule has 1 aromatic carbocycles. The van der Waals surface area contributed by atoms with E-state index in [4.69, 9.17) is 4.74 Å². The predicted molar refractivity (Wildman–Crippen MR) is 103 cm³/mol. The second-order valence-electron chi connectivity index (χ2n) is 7.19. The summed E-state index contributed by atoms with van der Waals surface area (Å²) < 4.78 is 5.19. The Hall–Kier alpha value is -1.75. The third kappa shape index (κ3) is 6.24. The van der Waals surface area contributed by atoms with Crippen molar-refractivity contribution >= 4 is 5.96 Å². The average Bonchev–Trinajstić information content (AvgIpc) is 3.54. The van der Waals surface area contributed by atoms with Crippen LogP contribution in [-0.2, 0) is 6.42 Å². The van der Waals surface area contributed by atoms with Crippen molar-refractivity contribution in [3.63, 3.8) is 0 Å². The molecule has 0 atom stereocenters. The molecule has 0 aliphatic heterocycles. The van der Waals surface area contributed by atoms with Crippen LogP contribution >= 0.6 is 0 Å². The number of ether oxygens (including phenoxy) is 1. The number of methoxy groups -OCH3 is 1. The summed E-state index contributed by atoms with van der Waals surface area (Å²) in [7, 11) is 3.53. The lowest BCUT2D eigenvalue weighted by atomic mass is 10.1. The Bertz CT molecular complexity index is 549. The first kappa shape index (κ1) is 18.1. The molecule has 138 valence electrons. The van der Waals surface area contributed by atoms with Crippen molar-refractivity contribution in [2.45, 2.75) is 38.1 Å². The zero-order chi connectivity index (χ0) is 17.5. The van der Waals surface area contributed by atoms with Crippen LogP contribution in [0.3, 0.4) is 0 Å². The van der Waals surface area contributed by atoms with E-state index in [1.165, 1.54) is 37.8 Å². The first-order chi connectivity index (χ1) is 12.3. The fraction of sp³-hybridized carbons (Fsp3) is 0.650. The molecule has 5 heteroatoms. The molecular weight excluding hydrogens is 312 g/mol. The highest BCUT2D eigenvalue weighted by Crippen LogP contribution is 2.34. The molecule has 0 amide bonds. The molecule has 0 unspecified atom stereocenters. The van der Waals surface area contributed by atoms with E-state index in [0.717, 1.165) is 49.7 Å². The molecule has 2 fully saturated rings. The predicted octanol–water partition coefficient (Wildman–Crippen LogP) is 2.28. The van der Waals surface area contributed by atoms with Gasteiger partial charge in [-0.25, -0.2) is 0 Å². The van der Waals surface area contributed by atoms with Gasteiger partial charge in [-0.3, -0.25) is 9.89 Å². The Kier molecular flexibility index (Phi) is 6.56. The smallest absolute Gasteiger partial charge is 0.191 e. The molecule has 25 heavy (non-hydrogen) atoms. The summed E-state index contributed by atoms with van der Waals surface area (Å²) in [6.07, 6.45) is 6.63. The standard InChI is InChI=1S/C20H32N4O/c1-21-20(22-12-11-16-5-9-19(25-2)10-6-16)23-13-14-24(18-7-8-18)15-17-3-4-17/h5-6,9-10,17-18H,3-4,7-8,11-15H2,1-2H3,(H2,21,22,23). The second-order valence-corrected chi connectivity index (χ2v) is 7.19. The molecule has 1 aromatic rings. The quantitative estimate of drug-likeness (QED) is 0.505. The van der Waals surface area contributed by atoms with Gasteiger partial charge in [0.2, 0.25) is 0 Å². The summed E-state index contributed by atoms with van der Waals surface area (Å²) in [5.74, 6) is 2.78. The molecule has 0 spiro atoms. The molecule has 2 aliphatic rings. The van der Waals surface area contributed by atoms with Gasteiger partial charge in [0, 0.05) is 39.3 Å². The van der Waals surface area contributed by atoms with Crippen molar-refractivity contribution in [2.75, 3.05) is 40.3 Å². The molecule has 2 aliphatic carbocycles. The van der Waals surface area contributed by atoms with Gasteiger partial charge in [0.25, 0.3) is 0 Å². The van der Waals surface area contributed by atoms with Crippen molar-refractivity contribution in [1.82, 2.24) is 15.5 Å². The van der Waals surface area contributed by atoms with Crippen LogP contribution in [0.2, 0.25) is 0 Å². The molecule has 5 nitrogen and oxygen atoms in total. The van der Waals surface area contributed by atoms with Gasteiger partial charge in [0.1, 0.15) is 5.75 Å². The lowest BCUT2D eigenvalue weighted by Crippen LogP contribution is -2.43. The molecule has 0 bridgehead atoms. The van der Waals surface area contributed by atoms with Crippen LogP contribution in [0.4, 0.5) is 0 Å². The van der Waals surface area contributed by atoms with Crippen LogP contribution in [0, 0.1) is 5.92 Å². The third-order valence-corrected chi connectivity index (χ3v) is 5.03. The normalized spacial score (nSPS) is 17.6. The highest BCUT2D eigenvalue weighted by atomic mass is 16.5. The van der Waals surface area contributed by atoms with Crippen LogP contribution in [0.25, 0.3) is 0 Å². The van der Waals surface area contributed by atoms with E-state index >= 15 is 0 Å². The van der Waals surface area contributed by atoms with Gasteiger partial charge in [-0.15, -0.1) is 0 Å². The van der Waals surface area contributed by atoms with E-state index in [9.17, 15) is 0 Å². The van der Waals surface area contributed by atoms with E-state index in [1.807, 2.05) is 19.2 Å². The molecule has 0 saturated heterocycles. The van der Waals surface area contributed by atoms with E-state index in [2.05, 4.69) is 32.7 Å². The van der Waals surface area contributed by atoms with Crippen molar-refractivity contribution in [3.05, 3.63) is 29.8 Å². The van der Waals surface area contributed by atoms with Crippen molar-refractivity contribution in [2.24, 2.45) is 10.9 Å². The number of hydrogen-bond donors (Lipinski definition) is 2. The summed E-state index contributed by atoms with van der Waals surface area (Å²) in [6.45, 7) is 4.27. The maximum Gasteiger partial charge on any atom is 0.191 e. The van der Waals surface area contributed by atoms with Crippen LogP contribution in [0.1, 0.15) is 31.2 Å². The minimum Gasteiger partial charge on any atom is -0.497 e. The number of rotatable bonds is 10. The lowest BCUT2D eigenvalue weighted by molar-refractivity contribution is 0.256. The van der Waals surface area contributed by atoms with Crippen LogP contribution in [0.15, 0.2) is 29.3 Å². The van der Waals surface area contributed by atoms with Crippen molar-refractivity contribution in [3.8, 4) is 5.75 Å². The van der Waals surface area contributed by atoms with Gasteiger partial charge < -0.3 is 15.4 Å². The Morgan fingerprint density at radius 3 is 2.44 bits per heavy atom. The molecule has 0 heterocycles. The number of benzene rings is 1. The van der Waals surface area contributed by atoms with E-state index in [1.54, 1.807) is 7.11 Å². The van der Waals surface area contributed by atoms with Gasteiger partial charge in [-0.2, -0.15) is 0 Å². The first-order valence-corrected chi connectivity index (χ1v) is 9.60. The Balaban J connectivity index is 1.32. The third-order valence-electron chi connectivity index (χ3n) is 5.03. The summed E-state index contributed by atoms with van der Waals surface area (Å²) >= 11 is 0. The molecule has 3 rings (SSSR count). The van der Waals surface area contributed by atoms with Gasteiger partial charge >= 0.3 is 0 Å². The maximum atomic E-state index is 5.19. The van der Waals surface area contributed by atoms with Gasteiger partial charge in [-0.1, -0.05) is 12.1 Å². The number of aliphatic imine (C=N–C) groups is 1. The average molecular weight is 345 g/mol. The van der Waals surface area contributed by atoms with Gasteiger partial charge in [-0.05, 0) is 55.7 Å². The Morgan fingerprint density at radius 1 is 1.12 bits per heavy atom. The SMILES string of the molecule is CN=C(NCCc1ccc(OC)cc1)NCCN(CC1CC1)C1CC1. The topological polar surface area (TPSA) is 48.9 Å². The monoisotopic (exact) mass is 344 g/mol. The Labute approximate surface area is 151 Å². The second kappa shape index (κ2) is 9.09.